The van der Waals surface area contributed by atoms with Gasteiger partial charge in [-0.15, -0.1) is 0 Å². The minimum absolute atomic E-state index is 0.402. The summed E-state index contributed by atoms with van der Waals surface area (Å²) < 4.78 is 5.89. The van der Waals surface area contributed by atoms with Crippen molar-refractivity contribution in [1.29, 1.82) is 0 Å². The normalized spacial score (nSPS) is 26.1. The van der Waals surface area contributed by atoms with E-state index < -0.39 is 0 Å². The lowest BCUT2D eigenvalue weighted by Gasteiger charge is -2.20. The molecule has 3 unspecified atom stereocenters. The van der Waals surface area contributed by atoms with Crippen LogP contribution in [0.2, 0.25) is 0 Å². The van der Waals surface area contributed by atoms with Crippen LogP contribution >= 0.6 is 0 Å². The van der Waals surface area contributed by atoms with Crippen molar-refractivity contribution < 1.29 is 4.74 Å². The van der Waals surface area contributed by atoms with Crippen molar-refractivity contribution in [1.82, 2.24) is 0 Å². The first-order valence-corrected chi connectivity index (χ1v) is 6.61. The average Bonchev–Trinajstić information content (AvgIpc) is 2.72. The minimum atomic E-state index is 0.402. The Balaban J connectivity index is 2.01. The molecule has 1 aromatic rings. The van der Waals surface area contributed by atoms with Gasteiger partial charge < -0.3 is 10.5 Å². The van der Waals surface area contributed by atoms with Gasteiger partial charge in [0.2, 0.25) is 0 Å². The molecule has 2 rings (SSSR count). The van der Waals surface area contributed by atoms with Gasteiger partial charge in [0.05, 0.1) is 12.2 Å². The molecular weight excluding hydrogens is 210 g/mol. The SMILES string of the molecule is Cc1cccc(C(CN)CC2CCC(C)O2)c1. The molecule has 1 aliphatic heterocycles. The minimum Gasteiger partial charge on any atom is -0.375 e. The highest BCUT2D eigenvalue weighted by atomic mass is 16.5. The lowest BCUT2D eigenvalue weighted by atomic mass is 9.91. The number of hydrogen-bond donors (Lipinski definition) is 1. The van der Waals surface area contributed by atoms with E-state index in [9.17, 15) is 0 Å². The Morgan fingerprint density at radius 1 is 1.41 bits per heavy atom. The molecule has 2 N–H and O–H groups in total. The van der Waals surface area contributed by atoms with E-state index in [1.165, 1.54) is 24.0 Å². The zero-order chi connectivity index (χ0) is 12.3. The first-order valence-electron chi connectivity index (χ1n) is 6.61. The zero-order valence-corrected chi connectivity index (χ0v) is 10.9. The maximum atomic E-state index is 5.91. The van der Waals surface area contributed by atoms with Crippen LogP contribution in [0.1, 0.15) is 43.2 Å². The zero-order valence-electron chi connectivity index (χ0n) is 10.9. The molecule has 1 heterocycles. The van der Waals surface area contributed by atoms with Crippen molar-refractivity contribution in [3.8, 4) is 0 Å². The van der Waals surface area contributed by atoms with E-state index in [0.717, 1.165) is 6.42 Å². The Kier molecular flexibility index (Phi) is 4.19. The highest BCUT2D eigenvalue weighted by Crippen LogP contribution is 2.29. The quantitative estimate of drug-likeness (QED) is 0.867. The van der Waals surface area contributed by atoms with Crippen LogP contribution in [0.4, 0.5) is 0 Å². The van der Waals surface area contributed by atoms with E-state index in [4.69, 9.17) is 10.5 Å². The molecule has 0 bridgehead atoms. The van der Waals surface area contributed by atoms with Gasteiger partial charge in [0, 0.05) is 0 Å². The molecule has 0 radical (unpaired) electrons. The number of nitrogens with two attached hydrogens (primary N) is 1. The fourth-order valence-corrected chi connectivity index (χ4v) is 2.67. The van der Waals surface area contributed by atoms with E-state index in [2.05, 4.69) is 38.1 Å². The molecule has 0 saturated carbocycles. The highest BCUT2D eigenvalue weighted by molar-refractivity contribution is 5.25. The van der Waals surface area contributed by atoms with Crippen LogP contribution in [0.25, 0.3) is 0 Å². The smallest absolute Gasteiger partial charge is 0.0586 e. The third-order valence-electron chi connectivity index (χ3n) is 3.67. The lowest BCUT2D eigenvalue weighted by molar-refractivity contribution is 0.0470. The van der Waals surface area contributed by atoms with Gasteiger partial charge in [0.25, 0.3) is 0 Å². The van der Waals surface area contributed by atoms with Crippen molar-refractivity contribution in [3.63, 3.8) is 0 Å². The molecular formula is C15H23NO. The van der Waals surface area contributed by atoms with Gasteiger partial charge in [-0.3, -0.25) is 0 Å². The average molecular weight is 233 g/mol. The molecule has 0 aliphatic carbocycles. The molecule has 0 amide bonds. The summed E-state index contributed by atoms with van der Waals surface area (Å²) in [6.07, 6.45) is 4.26. The number of ether oxygens (including phenoxy) is 1. The second kappa shape index (κ2) is 5.65. The Bertz CT molecular complexity index is 364. The van der Waals surface area contributed by atoms with E-state index in [-0.39, 0.29) is 0 Å². The van der Waals surface area contributed by atoms with Gasteiger partial charge in [0.1, 0.15) is 0 Å². The predicted molar refractivity (Wildman–Crippen MR) is 71.2 cm³/mol. The van der Waals surface area contributed by atoms with Crippen LogP contribution in [-0.2, 0) is 4.74 Å². The molecule has 0 aromatic heterocycles. The fraction of sp³-hybridized carbons (Fsp3) is 0.600. The molecule has 2 heteroatoms. The van der Waals surface area contributed by atoms with Gasteiger partial charge in [-0.25, -0.2) is 0 Å². The molecule has 3 atom stereocenters. The summed E-state index contributed by atoms with van der Waals surface area (Å²) in [6.45, 7) is 4.99. The molecule has 17 heavy (non-hydrogen) atoms. The third-order valence-corrected chi connectivity index (χ3v) is 3.67. The summed E-state index contributed by atoms with van der Waals surface area (Å²) in [5.74, 6) is 0.435. The second-order valence-electron chi connectivity index (χ2n) is 5.23. The monoisotopic (exact) mass is 233 g/mol. The summed E-state index contributed by atoms with van der Waals surface area (Å²) in [5.41, 5.74) is 8.58. The Labute approximate surface area is 104 Å². The third kappa shape index (κ3) is 3.30. The van der Waals surface area contributed by atoms with Gasteiger partial charge in [-0.2, -0.15) is 0 Å². The molecule has 94 valence electrons. The first kappa shape index (κ1) is 12.6. The van der Waals surface area contributed by atoms with Crippen LogP contribution in [0, 0.1) is 6.92 Å². The van der Waals surface area contributed by atoms with Crippen molar-refractivity contribution >= 4 is 0 Å². The Morgan fingerprint density at radius 3 is 2.82 bits per heavy atom. The van der Waals surface area contributed by atoms with Gasteiger partial charge in [-0.05, 0) is 51.1 Å². The summed E-state index contributed by atoms with van der Waals surface area (Å²) in [7, 11) is 0. The van der Waals surface area contributed by atoms with Crippen LogP contribution in [0.3, 0.4) is 0 Å². The summed E-state index contributed by atoms with van der Waals surface area (Å²) >= 11 is 0. The summed E-state index contributed by atoms with van der Waals surface area (Å²) in [6, 6.07) is 8.68. The van der Waals surface area contributed by atoms with Crippen LogP contribution in [0.5, 0.6) is 0 Å². The largest absolute Gasteiger partial charge is 0.375 e. The van der Waals surface area contributed by atoms with E-state index in [1.807, 2.05) is 0 Å². The number of benzene rings is 1. The maximum absolute atomic E-state index is 5.91. The van der Waals surface area contributed by atoms with Crippen molar-refractivity contribution in [3.05, 3.63) is 35.4 Å². The van der Waals surface area contributed by atoms with E-state index in [0.29, 0.717) is 24.7 Å². The van der Waals surface area contributed by atoms with Crippen molar-refractivity contribution in [2.45, 2.75) is 51.2 Å². The van der Waals surface area contributed by atoms with Crippen LogP contribution in [0.15, 0.2) is 24.3 Å². The topological polar surface area (TPSA) is 35.2 Å². The van der Waals surface area contributed by atoms with E-state index >= 15 is 0 Å². The molecule has 2 nitrogen and oxygen atoms in total. The highest BCUT2D eigenvalue weighted by Gasteiger charge is 2.25. The van der Waals surface area contributed by atoms with Gasteiger partial charge in [0.15, 0.2) is 0 Å². The number of rotatable bonds is 4. The van der Waals surface area contributed by atoms with Gasteiger partial charge >= 0.3 is 0 Å². The van der Waals surface area contributed by atoms with Crippen molar-refractivity contribution in [2.75, 3.05) is 6.54 Å². The van der Waals surface area contributed by atoms with Crippen LogP contribution in [-0.4, -0.2) is 18.8 Å². The Morgan fingerprint density at radius 2 is 2.24 bits per heavy atom. The lowest BCUT2D eigenvalue weighted by Crippen LogP contribution is -2.19. The maximum Gasteiger partial charge on any atom is 0.0586 e. The molecule has 0 spiro atoms. The number of hydrogen-bond acceptors (Lipinski definition) is 2. The fourth-order valence-electron chi connectivity index (χ4n) is 2.67. The predicted octanol–water partition coefficient (Wildman–Crippen LogP) is 2.99. The molecule has 1 aliphatic rings. The number of aryl methyl sites for hydroxylation is 1. The second-order valence-corrected chi connectivity index (χ2v) is 5.23. The first-order chi connectivity index (χ1) is 8.19. The summed E-state index contributed by atoms with van der Waals surface area (Å²) in [4.78, 5) is 0. The molecule has 1 saturated heterocycles. The standard InChI is InChI=1S/C15H23NO/c1-11-4-3-5-13(8-11)14(10-16)9-15-7-6-12(2)17-15/h3-5,8,12,14-15H,6-7,9-10,16H2,1-2H3. The summed E-state index contributed by atoms with van der Waals surface area (Å²) in [5, 5.41) is 0. The molecule has 1 fully saturated rings. The Hall–Kier alpha value is -0.860. The van der Waals surface area contributed by atoms with E-state index in [1.54, 1.807) is 0 Å². The molecule has 1 aromatic carbocycles. The van der Waals surface area contributed by atoms with Crippen LogP contribution < -0.4 is 5.73 Å². The van der Waals surface area contributed by atoms with Gasteiger partial charge in [-0.1, -0.05) is 29.8 Å². The van der Waals surface area contributed by atoms with Crippen molar-refractivity contribution in [2.24, 2.45) is 5.73 Å².